The summed E-state index contributed by atoms with van der Waals surface area (Å²) in [5.41, 5.74) is 1.62. The zero-order valence-electron chi connectivity index (χ0n) is 14.7. The Kier molecular flexibility index (Phi) is 4.54. The minimum atomic E-state index is -0.853. The molecule has 0 saturated heterocycles. The Morgan fingerprint density at radius 1 is 1.28 bits per heavy atom. The number of benzene rings is 1. The van der Waals surface area contributed by atoms with Crippen molar-refractivity contribution in [2.45, 2.75) is 51.5 Å². The third kappa shape index (κ3) is 3.25. The Balaban J connectivity index is 1.80. The first kappa shape index (κ1) is 17.5. The van der Waals surface area contributed by atoms with Crippen LogP contribution in [0.2, 0.25) is 0 Å². The maximum absolute atomic E-state index is 12.7. The van der Waals surface area contributed by atoms with E-state index in [1.807, 2.05) is 13.0 Å². The molecule has 2 amide bonds. The van der Waals surface area contributed by atoms with E-state index >= 15 is 0 Å². The summed E-state index contributed by atoms with van der Waals surface area (Å²) < 4.78 is 0. The SMILES string of the molecule is CC(=O)N1CCc2cc(C(=O)NC3(C)CCCCC3C(=O)O)ccc21. The van der Waals surface area contributed by atoms with Crippen LogP contribution < -0.4 is 10.2 Å². The zero-order valence-corrected chi connectivity index (χ0v) is 14.7. The van der Waals surface area contributed by atoms with Gasteiger partial charge in [0.15, 0.2) is 0 Å². The normalized spacial score (nSPS) is 25.4. The Morgan fingerprint density at radius 2 is 2.04 bits per heavy atom. The van der Waals surface area contributed by atoms with Gasteiger partial charge in [-0.2, -0.15) is 0 Å². The van der Waals surface area contributed by atoms with E-state index in [2.05, 4.69) is 5.32 Å². The first-order valence-corrected chi connectivity index (χ1v) is 8.78. The van der Waals surface area contributed by atoms with Crippen LogP contribution in [-0.2, 0) is 16.0 Å². The molecule has 134 valence electrons. The lowest BCUT2D eigenvalue weighted by molar-refractivity contribution is -0.145. The molecule has 2 aliphatic rings. The second kappa shape index (κ2) is 6.50. The van der Waals surface area contributed by atoms with Gasteiger partial charge in [0, 0.05) is 24.7 Å². The summed E-state index contributed by atoms with van der Waals surface area (Å²) in [6.45, 7) is 3.99. The molecule has 0 radical (unpaired) electrons. The molecule has 0 aromatic heterocycles. The van der Waals surface area contributed by atoms with Gasteiger partial charge in [-0.1, -0.05) is 12.8 Å². The highest BCUT2D eigenvalue weighted by Crippen LogP contribution is 2.34. The Bertz CT molecular complexity index is 730. The molecule has 0 bridgehead atoms. The van der Waals surface area contributed by atoms with Gasteiger partial charge in [-0.05, 0) is 49.9 Å². The number of carboxylic acids is 1. The van der Waals surface area contributed by atoms with Gasteiger partial charge in [0.25, 0.3) is 5.91 Å². The number of carboxylic acid groups (broad SMARTS) is 1. The van der Waals surface area contributed by atoms with Crippen molar-refractivity contribution < 1.29 is 19.5 Å². The van der Waals surface area contributed by atoms with Gasteiger partial charge >= 0.3 is 5.97 Å². The third-order valence-corrected chi connectivity index (χ3v) is 5.52. The van der Waals surface area contributed by atoms with E-state index < -0.39 is 17.4 Å². The molecule has 1 aliphatic heterocycles. The first-order valence-electron chi connectivity index (χ1n) is 8.78. The van der Waals surface area contributed by atoms with Gasteiger partial charge in [0.1, 0.15) is 0 Å². The van der Waals surface area contributed by atoms with Gasteiger partial charge in [0.2, 0.25) is 5.91 Å². The number of nitrogens with zero attached hydrogens (tertiary/aromatic N) is 1. The number of nitrogens with one attached hydrogen (secondary N) is 1. The van der Waals surface area contributed by atoms with Crippen molar-refractivity contribution in [2.75, 3.05) is 11.4 Å². The van der Waals surface area contributed by atoms with Crippen molar-refractivity contribution >= 4 is 23.5 Å². The number of hydrogen-bond donors (Lipinski definition) is 2. The van der Waals surface area contributed by atoms with Crippen LogP contribution in [0.1, 0.15) is 55.5 Å². The Morgan fingerprint density at radius 3 is 2.72 bits per heavy atom. The molecule has 2 N–H and O–H groups in total. The van der Waals surface area contributed by atoms with Crippen molar-refractivity contribution in [1.82, 2.24) is 5.32 Å². The van der Waals surface area contributed by atoms with E-state index in [1.54, 1.807) is 17.0 Å². The molecule has 25 heavy (non-hydrogen) atoms. The van der Waals surface area contributed by atoms with E-state index in [0.717, 1.165) is 30.5 Å². The molecule has 1 saturated carbocycles. The molecule has 3 rings (SSSR count). The lowest BCUT2D eigenvalue weighted by atomic mass is 9.73. The number of rotatable bonds is 3. The van der Waals surface area contributed by atoms with Crippen molar-refractivity contribution in [3.63, 3.8) is 0 Å². The van der Waals surface area contributed by atoms with E-state index in [-0.39, 0.29) is 11.8 Å². The van der Waals surface area contributed by atoms with Gasteiger partial charge in [0.05, 0.1) is 11.5 Å². The number of fused-ring (bicyclic) bond motifs is 1. The van der Waals surface area contributed by atoms with Crippen LogP contribution in [0.5, 0.6) is 0 Å². The molecular weight excluding hydrogens is 320 g/mol. The molecule has 1 aromatic rings. The summed E-state index contributed by atoms with van der Waals surface area (Å²) in [4.78, 5) is 37.6. The van der Waals surface area contributed by atoms with Crippen LogP contribution in [0.25, 0.3) is 0 Å². The summed E-state index contributed by atoms with van der Waals surface area (Å²) in [6, 6.07) is 5.32. The molecule has 1 aliphatic carbocycles. The summed E-state index contributed by atoms with van der Waals surface area (Å²) >= 11 is 0. The maximum atomic E-state index is 12.7. The molecule has 1 heterocycles. The van der Waals surface area contributed by atoms with Crippen LogP contribution in [-0.4, -0.2) is 35.0 Å². The molecule has 6 nitrogen and oxygen atoms in total. The molecule has 2 atom stereocenters. The quantitative estimate of drug-likeness (QED) is 0.881. The summed E-state index contributed by atoms with van der Waals surface area (Å²) in [5.74, 6) is -1.67. The zero-order chi connectivity index (χ0) is 18.2. The lowest BCUT2D eigenvalue weighted by Gasteiger charge is -2.39. The number of carbonyl (C=O) groups excluding carboxylic acids is 2. The number of amides is 2. The number of anilines is 1. The fourth-order valence-corrected chi connectivity index (χ4v) is 4.08. The molecule has 1 aromatic carbocycles. The van der Waals surface area contributed by atoms with Crippen molar-refractivity contribution in [1.29, 1.82) is 0 Å². The van der Waals surface area contributed by atoms with E-state index in [1.165, 1.54) is 6.92 Å². The molecule has 6 heteroatoms. The number of aliphatic carboxylic acids is 1. The second-order valence-corrected chi connectivity index (χ2v) is 7.27. The average Bonchev–Trinajstić information content (AvgIpc) is 2.97. The molecule has 1 fully saturated rings. The standard InChI is InChI=1S/C19H24N2O4/c1-12(22)21-10-8-13-11-14(6-7-16(13)21)17(23)20-19(2)9-4-3-5-15(19)18(24)25/h6-7,11,15H,3-5,8-10H2,1-2H3,(H,20,23)(H,24,25). The van der Waals surface area contributed by atoms with Crippen LogP contribution in [0.15, 0.2) is 18.2 Å². The van der Waals surface area contributed by atoms with Crippen LogP contribution in [0.3, 0.4) is 0 Å². The monoisotopic (exact) mass is 344 g/mol. The minimum Gasteiger partial charge on any atom is -0.481 e. The van der Waals surface area contributed by atoms with Crippen LogP contribution in [0.4, 0.5) is 5.69 Å². The fraction of sp³-hybridized carbons (Fsp3) is 0.526. The van der Waals surface area contributed by atoms with Crippen molar-refractivity contribution in [3.05, 3.63) is 29.3 Å². The second-order valence-electron chi connectivity index (χ2n) is 7.27. The van der Waals surface area contributed by atoms with E-state index in [0.29, 0.717) is 24.9 Å². The highest BCUT2D eigenvalue weighted by Gasteiger charge is 2.42. The molecule has 2 unspecified atom stereocenters. The van der Waals surface area contributed by atoms with Crippen LogP contribution >= 0.6 is 0 Å². The topological polar surface area (TPSA) is 86.7 Å². The maximum Gasteiger partial charge on any atom is 0.308 e. The van der Waals surface area contributed by atoms with Crippen molar-refractivity contribution in [2.24, 2.45) is 5.92 Å². The summed E-state index contributed by atoms with van der Waals surface area (Å²) in [5, 5.41) is 12.4. The van der Waals surface area contributed by atoms with E-state index in [9.17, 15) is 19.5 Å². The third-order valence-electron chi connectivity index (χ3n) is 5.52. The molecular formula is C19H24N2O4. The summed E-state index contributed by atoms with van der Waals surface area (Å²) in [6.07, 6.45) is 3.77. The van der Waals surface area contributed by atoms with Gasteiger partial charge < -0.3 is 15.3 Å². The fourth-order valence-electron chi connectivity index (χ4n) is 4.08. The van der Waals surface area contributed by atoms with Crippen molar-refractivity contribution in [3.8, 4) is 0 Å². The van der Waals surface area contributed by atoms with E-state index in [4.69, 9.17) is 0 Å². The Labute approximate surface area is 147 Å². The predicted octanol–water partition coefficient (Wildman–Crippen LogP) is 2.36. The number of carbonyl (C=O) groups is 3. The highest BCUT2D eigenvalue weighted by atomic mass is 16.4. The minimum absolute atomic E-state index is 0.00466. The van der Waals surface area contributed by atoms with Crippen LogP contribution in [0, 0.1) is 5.92 Å². The smallest absolute Gasteiger partial charge is 0.308 e. The first-order chi connectivity index (χ1) is 11.8. The van der Waals surface area contributed by atoms with Gasteiger partial charge in [-0.15, -0.1) is 0 Å². The molecule has 0 spiro atoms. The largest absolute Gasteiger partial charge is 0.481 e. The van der Waals surface area contributed by atoms with Gasteiger partial charge in [-0.25, -0.2) is 0 Å². The predicted molar refractivity (Wildman–Crippen MR) is 93.6 cm³/mol. The van der Waals surface area contributed by atoms with Gasteiger partial charge in [-0.3, -0.25) is 14.4 Å². The lowest BCUT2D eigenvalue weighted by Crippen LogP contribution is -2.55. The number of hydrogen-bond acceptors (Lipinski definition) is 3. The average molecular weight is 344 g/mol. The highest BCUT2D eigenvalue weighted by molar-refractivity contribution is 5.98. The summed E-state index contributed by atoms with van der Waals surface area (Å²) in [7, 11) is 0. The Hall–Kier alpha value is -2.37.